The van der Waals surface area contributed by atoms with Gasteiger partial charge in [0.15, 0.2) is 0 Å². The van der Waals surface area contributed by atoms with Crippen molar-refractivity contribution in [3.63, 3.8) is 0 Å². The van der Waals surface area contributed by atoms with Crippen LogP contribution in [-0.2, 0) is 20.9 Å². The number of carboxylic acids is 1. The highest BCUT2D eigenvalue weighted by Crippen LogP contribution is 2.36. The lowest BCUT2D eigenvalue weighted by molar-refractivity contribution is -0.192. The van der Waals surface area contributed by atoms with Gasteiger partial charge in [-0.1, -0.05) is 12.1 Å². The van der Waals surface area contributed by atoms with Crippen molar-refractivity contribution < 1.29 is 37.0 Å². The number of likely N-dealkylation sites (tertiary alicyclic amines) is 1. The Morgan fingerprint density at radius 3 is 2.30 bits per heavy atom. The Bertz CT molecular complexity index is 725. The van der Waals surface area contributed by atoms with Crippen molar-refractivity contribution in [2.45, 2.75) is 19.1 Å². The number of fused-ring (bicyclic) bond motifs is 1. The summed E-state index contributed by atoms with van der Waals surface area (Å²) in [6, 6.07) is 6.72. The normalized spacial score (nSPS) is 23.9. The summed E-state index contributed by atoms with van der Waals surface area (Å²) < 4.78 is 50.5. The molecular weight excluding hydrogens is 408 g/mol. The van der Waals surface area contributed by atoms with Gasteiger partial charge in [-0.25, -0.2) is 9.18 Å². The minimum atomic E-state index is -5.08. The van der Waals surface area contributed by atoms with Crippen molar-refractivity contribution in [3.8, 4) is 0 Å². The standard InChI is InChI=1S/C18H25FN2O2.C2HF3O2/c1-20(2)18(22)7-14-11-23-12-15-9-21(10-17(14)15)8-13-3-5-16(19)6-4-13;3-2(4,5)1(6)7/h3-6,14-15,17H,7-12H2,1-2H3;(H,6,7)/t14-,15-,17+;/m1./s1. The number of nitrogens with zero attached hydrogens (tertiary/aromatic N) is 2. The maximum absolute atomic E-state index is 13.0. The van der Waals surface area contributed by atoms with E-state index in [0.29, 0.717) is 30.8 Å². The zero-order valence-electron chi connectivity index (χ0n) is 16.9. The van der Waals surface area contributed by atoms with Crippen LogP contribution >= 0.6 is 0 Å². The third-order valence-corrected chi connectivity index (χ3v) is 5.33. The van der Waals surface area contributed by atoms with E-state index in [1.54, 1.807) is 19.0 Å². The maximum Gasteiger partial charge on any atom is 0.490 e. The van der Waals surface area contributed by atoms with Crippen LogP contribution in [0.25, 0.3) is 0 Å². The highest BCUT2D eigenvalue weighted by Gasteiger charge is 2.41. The summed E-state index contributed by atoms with van der Waals surface area (Å²) in [5, 5.41) is 7.12. The van der Waals surface area contributed by atoms with Crippen LogP contribution in [0.1, 0.15) is 12.0 Å². The number of amides is 1. The average Bonchev–Trinajstić information content (AvgIpc) is 3.07. The van der Waals surface area contributed by atoms with E-state index in [1.807, 2.05) is 12.1 Å². The Kier molecular flexibility index (Phi) is 8.19. The lowest BCUT2D eigenvalue weighted by atomic mass is 9.81. The second kappa shape index (κ2) is 10.2. The summed E-state index contributed by atoms with van der Waals surface area (Å²) in [5.74, 6) is -1.44. The Hall–Kier alpha value is -2.20. The third-order valence-electron chi connectivity index (χ3n) is 5.33. The zero-order chi connectivity index (χ0) is 22.5. The Morgan fingerprint density at radius 1 is 1.17 bits per heavy atom. The molecule has 0 saturated carbocycles. The molecule has 10 heteroatoms. The van der Waals surface area contributed by atoms with Gasteiger partial charge in [-0.3, -0.25) is 9.69 Å². The molecule has 168 valence electrons. The van der Waals surface area contributed by atoms with Gasteiger partial charge in [0.25, 0.3) is 0 Å². The van der Waals surface area contributed by atoms with E-state index >= 15 is 0 Å². The van der Waals surface area contributed by atoms with Gasteiger partial charge in [0, 0.05) is 40.2 Å². The molecule has 2 aliphatic heterocycles. The highest BCUT2D eigenvalue weighted by molar-refractivity contribution is 5.75. The van der Waals surface area contributed by atoms with Gasteiger partial charge >= 0.3 is 12.1 Å². The molecule has 3 rings (SSSR count). The molecule has 2 heterocycles. The number of hydrogen-bond acceptors (Lipinski definition) is 4. The highest BCUT2D eigenvalue weighted by atomic mass is 19.4. The molecule has 0 aliphatic carbocycles. The van der Waals surface area contributed by atoms with Crippen LogP contribution in [0.2, 0.25) is 0 Å². The molecule has 6 nitrogen and oxygen atoms in total. The lowest BCUT2D eigenvalue weighted by Gasteiger charge is -2.33. The first kappa shape index (κ1) is 24.1. The first-order valence-corrected chi connectivity index (χ1v) is 9.52. The van der Waals surface area contributed by atoms with Crippen molar-refractivity contribution in [2.75, 3.05) is 40.4 Å². The second-order valence-electron chi connectivity index (χ2n) is 7.84. The van der Waals surface area contributed by atoms with Crippen molar-refractivity contribution >= 4 is 11.9 Å². The minimum absolute atomic E-state index is 0.177. The van der Waals surface area contributed by atoms with E-state index in [-0.39, 0.29) is 11.7 Å². The smallest absolute Gasteiger partial charge is 0.475 e. The number of carbonyl (C=O) groups is 2. The summed E-state index contributed by atoms with van der Waals surface area (Å²) in [6.45, 7) is 4.30. The Labute approximate surface area is 172 Å². The average molecular weight is 434 g/mol. The van der Waals surface area contributed by atoms with E-state index < -0.39 is 12.1 Å². The van der Waals surface area contributed by atoms with Gasteiger partial charge in [0.1, 0.15) is 5.82 Å². The molecule has 0 radical (unpaired) electrons. The largest absolute Gasteiger partial charge is 0.490 e. The van der Waals surface area contributed by atoms with Crippen LogP contribution in [0, 0.1) is 23.6 Å². The molecule has 1 aromatic carbocycles. The third kappa shape index (κ3) is 6.94. The monoisotopic (exact) mass is 434 g/mol. The minimum Gasteiger partial charge on any atom is -0.475 e. The fourth-order valence-corrected chi connectivity index (χ4v) is 3.79. The van der Waals surface area contributed by atoms with Crippen molar-refractivity contribution in [1.82, 2.24) is 9.80 Å². The Morgan fingerprint density at radius 2 is 1.77 bits per heavy atom. The van der Waals surface area contributed by atoms with Crippen molar-refractivity contribution in [1.29, 1.82) is 0 Å². The van der Waals surface area contributed by atoms with E-state index in [0.717, 1.165) is 31.8 Å². The molecule has 3 atom stereocenters. The number of carboxylic acid groups (broad SMARTS) is 1. The molecular formula is C20H26F4N2O4. The molecule has 2 fully saturated rings. The van der Waals surface area contributed by atoms with Gasteiger partial charge in [-0.2, -0.15) is 13.2 Å². The number of alkyl halides is 3. The first-order chi connectivity index (χ1) is 14.0. The van der Waals surface area contributed by atoms with Crippen LogP contribution < -0.4 is 0 Å². The summed E-state index contributed by atoms with van der Waals surface area (Å²) in [7, 11) is 3.61. The van der Waals surface area contributed by atoms with E-state index in [9.17, 15) is 22.4 Å². The number of carbonyl (C=O) groups excluding carboxylic acids is 1. The maximum atomic E-state index is 13.0. The van der Waals surface area contributed by atoms with Crippen molar-refractivity contribution in [3.05, 3.63) is 35.6 Å². The second-order valence-corrected chi connectivity index (χ2v) is 7.84. The predicted octanol–water partition coefficient (Wildman–Crippen LogP) is 2.63. The number of ether oxygens (including phenoxy) is 1. The summed E-state index contributed by atoms with van der Waals surface area (Å²) in [6.07, 6.45) is -4.52. The van der Waals surface area contributed by atoms with Crippen LogP contribution in [0.3, 0.4) is 0 Å². The van der Waals surface area contributed by atoms with E-state index in [4.69, 9.17) is 14.6 Å². The number of rotatable bonds is 4. The quantitative estimate of drug-likeness (QED) is 0.738. The van der Waals surface area contributed by atoms with Crippen molar-refractivity contribution in [2.24, 2.45) is 17.8 Å². The Balaban J connectivity index is 0.000000396. The van der Waals surface area contributed by atoms with E-state index in [2.05, 4.69) is 4.90 Å². The zero-order valence-corrected chi connectivity index (χ0v) is 16.9. The summed E-state index contributed by atoms with van der Waals surface area (Å²) in [5.41, 5.74) is 1.13. The van der Waals surface area contributed by atoms with Crippen LogP contribution in [0.5, 0.6) is 0 Å². The first-order valence-electron chi connectivity index (χ1n) is 9.52. The van der Waals surface area contributed by atoms with Crippen LogP contribution in [-0.4, -0.2) is 73.4 Å². The van der Waals surface area contributed by atoms with Gasteiger partial charge in [0.2, 0.25) is 5.91 Å². The number of benzene rings is 1. The molecule has 1 amide bonds. The molecule has 1 N–H and O–H groups in total. The summed E-state index contributed by atoms with van der Waals surface area (Å²) >= 11 is 0. The molecule has 2 aliphatic rings. The van der Waals surface area contributed by atoms with Gasteiger partial charge in [-0.15, -0.1) is 0 Å². The van der Waals surface area contributed by atoms with Gasteiger partial charge < -0.3 is 14.7 Å². The molecule has 0 aromatic heterocycles. The van der Waals surface area contributed by atoms with Crippen LogP contribution in [0.15, 0.2) is 24.3 Å². The number of hydrogen-bond donors (Lipinski definition) is 1. The molecule has 0 unspecified atom stereocenters. The SMILES string of the molecule is CN(C)C(=O)C[C@@H]1COC[C@H]2CN(Cc3ccc(F)cc3)C[C@@H]12.O=C(O)C(F)(F)F. The topological polar surface area (TPSA) is 70.1 Å². The predicted molar refractivity (Wildman–Crippen MR) is 100.0 cm³/mol. The summed E-state index contributed by atoms with van der Waals surface area (Å²) in [4.78, 5) is 25.0. The molecule has 0 spiro atoms. The number of halogens is 4. The molecule has 0 bridgehead atoms. The molecule has 1 aromatic rings. The lowest BCUT2D eigenvalue weighted by Crippen LogP contribution is -2.38. The fourth-order valence-electron chi connectivity index (χ4n) is 3.79. The number of aliphatic carboxylic acids is 1. The van der Waals surface area contributed by atoms with Crippen LogP contribution in [0.4, 0.5) is 17.6 Å². The molecule has 2 saturated heterocycles. The van der Waals surface area contributed by atoms with Gasteiger partial charge in [0.05, 0.1) is 13.2 Å². The van der Waals surface area contributed by atoms with Gasteiger partial charge in [-0.05, 0) is 35.4 Å². The van der Waals surface area contributed by atoms with E-state index in [1.165, 1.54) is 12.1 Å². The fraction of sp³-hybridized carbons (Fsp3) is 0.600. The molecule has 30 heavy (non-hydrogen) atoms.